The first-order valence-corrected chi connectivity index (χ1v) is 8.75. The smallest absolute Gasteiger partial charge is 0.194 e. The molecular weight excluding hydrogens is 342 g/mol. The van der Waals surface area contributed by atoms with Crippen LogP contribution in [0, 0.1) is 0 Å². The molecule has 0 fully saturated rings. The summed E-state index contributed by atoms with van der Waals surface area (Å²) < 4.78 is 5.68. The van der Waals surface area contributed by atoms with Crippen LogP contribution in [0.2, 0.25) is 0 Å². The van der Waals surface area contributed by atoms with E-state index >= 15 is 0 Å². The number of hydrogen-bond acceptors (Lipinski definition) is 6. The van der Waals surface area contributed by atoms with Crippen molar-refractivity contribution in [3.05, 3.63) is 83.8 Å². The minimum Gasteiger partial charge on any atom is -0.387 e. The first kappa shape index (κ1) is 17.1. The summed E-state index contributed by atoms with van der Waals surface area (Å²) in [4.78, 5) is 11.6. The van der Waals surface area contributed by atoms with Gasteiger partial charge in [0.25, 0.3) is 0 Å². The molecule has 0 aliphatic rings. The number of rotatable bonds is 8. The van der Waals surface area contributed by atoms with Crippen LogP contribution in [0.3, 0.4) is 0 Å². The fourth-order valence-corrected chi connectivity index (χ4v) is 2.69. The number of benzene rings is 2. The van der Waals surface area contributed by atoms with Crippen molar-refractivity contribution < 1.29 is 9.57 Å². The molecule has 0 bridgehead atoms. The van der Waals surface area contributed by atoms with E-state index in [2.05, 4.69) is 20.5 Å². The third kappa shape index (κ3) is 4.45. The molecule has 0 atom stereocenters. The highest BCUT2D eigenvalue weighted by Crippen LogP contribution is 2.12. The zero-order valence-corrected chi connectivity index (χ0v) is 14.7. The second-order valence-electron chi connectivity index (χ2n) is 6.02. The average Bonchev–Trinajstić information content (AvgIpc) is 3.17. The Morgan fingerprint density at radius 3 is 2.63 bits per heavy atom. The van der Waals surface area contributed by atoms with Crippen LogP contribution in [-0.4, -0.2) is 32.0 Å². The van der Waals surface area contributed by atoms with Gasteiger partial charge < -0.3 is 9.57 Å². The van der Waals surface area contributed by atoms with Gasteiger partial charge in [-0.1, -0.05) is 59.4 Å². The zero-order valence-electron chi connectivity index (χ0n) is 14.7. The SMILES string of the molecule is c1ccc(COCCc2nnnn2OCc2ccc3ccccc3n2)cc1. The van der Waals surface area contributed by atoms with Crippen molar-refractivity contribution in [2.45, 2.75) is 19.6 Å². The fraction of sp³-hybridized carbons (Fsp3) is 0.200. The molecule has 7 heteroatoms. The van der Waals surface area contributed by atoms with Gasteiger partial charge in [-0.05, 0) is 28.1 Å². The standard InChI is InChI=1S/C20H19N5O2/c1-2-6-16(7-3-1)14-26-13-12-20-22-23-24-25(20)27-15-18-11-10-17-8-4-5-9-19(17)21-18/h1-11H,12-15H2. The van der Waals surface area contributed by atoms with Crippen molar-refractivity contribution in [3.63, 3.8) is 0 Å². The fourth-order valence-electron chi connectivity index (χ4n) is 2.69. The van der Waals surface area contributed by atoms with Gasteiger partial charge in [-0.25, -0.2) is 4.98 Å². The maximum Gasteiger partial charge on any atom is 0.194 e. The summed E-state index contributed by atoms with van der Waals surface area (Å²) in [5.41, 5.74) is 2.89. The van der Waals surface area contributed by atoms with E-state index in [-0.39, 0.29) is 6.61 Å². The van der Waals surface area contributed by atoms with Crippen molar-refractivity contribution in [3.8, 4) is 0 Å². The van der Waals surface area contributed by atoms with E-state index in [9.17, 15) is 0 Å². The van der Waals surface area contributed by atoms with Gasteiger partial charge in [0.2, 0.25) is 0 Å². The predicted octanol–water partition coefficient (Wildman–Crippen LogP) is 2.61. The molecule has 2 aromatic carbocycles. The number of ether oxygens (including phenoxy) is 1. The highest BCUT2D eigenvalue weighted by atomic mass is 16.7. The normalized spacial score (nSPS) is 11.0. The molecule has 2 aromatic heterocycles. The molecule has 0 spiro atoms. The molecule has 4 rings (SSSR count). The van der Waals surface area contributed by atoms with E-state index in [0.29, 0.717) is 25.5 Å². The molecule has 0 saturated carbocycles. The van der Waals surface area contributed by atoms with Gasteiger partial charge >= 0.3 is 0 Å². The Morgan fingerprint density at radius 1 is 0.852 bits per heavy atom. The Morgan fingerprint density at radius 2 is 1.70 bits per heavy atom. The van der Waals surface area contributed by atoms with Crippen molar-refractivity contribution in [2.75, 3.05) is 6.61 Å². The van der Waals surface area contributed by atoms with E-state index in [1.807, 2.05) is 66.7 Å². The number of aromatic nitrogens is 5. The Bertz CT molecular complexity index is 1000. The molecule has 0 unspecified atom stereocenters. The van der Waals surface area contributed by atoms with Crippen LogP contribution in [0.25, 0.3) is 10.9 Å². The predicted molar refractivity (Wildman–Crippen MR) is 99.6 cm³/mol. The van der Waals surface area contributed by atoms with E-state index in [0.717, 1.165) is 22.2 Å². The lowest BCUT2D eigenvalue weighted by Crippen LogP contribution is -2.18. The molecule has 0 N–H and O–H groups in total. The van der Waals surface area contributed by atoms with Crippen LogP contribution >= 0.6 is 0 Å². The molecule has 0 saturated heterocycles. The molecule has 0 aliphatic heterocycles. The minimum absolute atomic E-state index is 0.285. The maximum absolute atomic E-state index is 5.69. The molecular formula is C20H19N5O2. The van der Waals surface area contributed by atoms with Gasteiger partial charge in [0.1, 0.15) is 0 Å². The molecule has 4 aromatic rings. The number of fused-ring (bicyclic) bond motifs is 1. The third-order valence-electron chi connectivity index (χ3n) is 4.07. The van der Waals surface area contributed by atoms with Gasteiger partial charge in [0.15, 0.2) is 12.4 Å². The maximum atomic E-state index is 5.69. The second kappa shape index (κ2) is 8.37. The first-order valence-electron chi connectivity index (χ1n) is 8.75. The van der Waals surface area contributed by atoms with E-state index in [4.69, 9.17) is 9.57 Å². The lowest BCUT2D eigenvalue weighted by molar-refractivity contribution is 0.0527. The summed E-state index contributed by atoms with van der Waals surface area (Å²) in [6.07, 6.45) is 0.560. The van der Waals surface area contributed by atoms with Gasteiger partial charge in [0.05, 0.1) is 24.4 Å². The second-order valence-corrected chi connectivity index (χ2v) is 6.02. The number of para-hydroxylation sites is 1. The Labute approximate surface area is 156 Å². The van der Waals surface area contributed by atoms with Gasteiger partial charge in [0, 0.05) is 11.8 Å². The van der Waals surface area contributed by atoms with Crippen molar-refractivity contribution in [2.24, 2.45) is 0 Å². The molecule has 7 nitrogen and oxygen atoms in total. The van der Waals surface area contributed by atoms with E-state index in [1.54, 1.807) is 0 Å². The van der Waals surface area contributed by atoms with Crippen LogP contribution in [0.1, 0.15) is 17.1 Å². The van der Waals surface area contributed by atoms with E-state index < -0.39 is 0 Å². The molecule has 2 heterocycles. The molecule has 0 radical (unpaired) electrons. The molecule has 0 aliphatic carbocycles. The number of hydrogen-bond donors (Lipinski definition) is 0. The lowest BCUT2D eigenvalue weighted by Gasteiger charge is -2.07. The zero-order chi connectivity index (χ0) is 18.3. The van der Waals surface area contributed by atoms with Crippen molar-refractivity contribution in [1.82, 2.24) is 25.4 Å². The van der Waals surface area contributed by atoms with Crippen LogP contribution in [-0.2, 0) is 24.4 Å². The highest BCUT2D eigenvalue weighted by molar-refractivity contribution is 5.78. The van der Waals surface area contributed by atoms with Crippen LogP contribution in [0.5, 0.6) is 0 Å². The summed E-state index contributed by atoms with van der Waals surface area (Å²) in [6, 6.07) is 22.0. The number of tetrazole rings is 1. The largest absolute Gasteiger partial charge is 0.387 e. The Balaban J connectivity index is 1.30. The monoisotopic (exact) mass is 361 g/mol. The topological polar surface area (TPSA) is 75.0 Å². The van der Waals surface area contributed by atoms with E-state index in [1.165, 1.54) is 4.85 Å². The average molecular weight is 361 g/mol. The summed E-state index contributed by atoms with van der Waals surface area (Å²) in [5.74, 6) is 0.615. The molecule has 0 amide bonds. The highest BCUT2D eigenvalue weighted by Gasteiger charge is 2.08. The van der Waals surface area contributed by atoms with Crippen molar-refractivity contribution >= 4 is 10.9 Å². The summed E-state index contributed by atoms with van der Waals surface area (Å²) in [6.45, 7) is 1.35. The number of pyridine rings is 1. The Kier molecular flexibility index (Phi) is 5.31. The summed E-state index contributed by atoms with van der Waals surface area (Å²) in [5, 5.41) is 12.7. The molecule has 27 heavy (non-hydrogen) atoms. The first-order chi connectivity index (χ1) is 13.4. The third-order valence-corrected chi connectivity index (χ3v) is 4.07. The summed E-state index contributed by atoms with van der Waals surface area (Å²) in [7, 11) is 0. The lowest BCUT2D eigenvalue weighted by atomic mass is 10.2. The number of nitrogens with zero attached hydrogens (tertiary/aromatic N) is 5. The van der Waals surface area contributed by atoms with Crippen LogP contribution in [0.15, 0.2) is 66.7 Å². The Hall–Kier alpha value is -3.32. The van der Waals surface area contributed by atoms with Gasteiger partial charge in [-0.3, -0.25) is 0 Å². The quantitative estimate of drug-likeness (QED) is 0.449. The minimum atomic E-state index is 0.285. The van der Waals surface area contributed by atoms with Crippen molar-refractivity contribution in [1.29, 1.82) is 0 Å². The summed E-state index contributed by atoms with van der Waals surface area (Å²) >= 11 is 0. The molecule has 136 valence electrons. The van der Waals surface area contributed by atoms with Gasteiger partial charge in [-0.2, -0.15) is 0 Å². The van der Waals surface area contributed by atoms with Gasteiger partial charge in [-0.15, -0.1) is 5.10 Å². The van der Waals surface area contributed by atoms with Crippen LogP contribution in [0.4, 0.5) is 0 Å². The van der Waals surface area contributed by atoms with Crippen LogP contribution < -0.4 is 4.84 Å².